The zero-order valence-electron chi connectivity index (χ0n) is 8.53. The molecule has 0 spiro atoms. The number of nitrogens with one attached hydrogen (secondary N) is 1. The van der Waals surface area contributed by atoms with Crippen LogP contribution in [0.4, 0.5) is 5.95 Å². The fourth-order valence-corrected chi connectivity index (χ4v) is 1.52. The summed E-state index contributed by atoms with van der Waals surface area (Å²) in [5.41, 5.74) is 0.996. The first kappa shape index (κ1) is 9.98. The summed E-state index contributed by atoms with van der Waals surface area (Å²) >= 11 is 5.82. The molecule has 0 radical (unpaired) electrons. The van der Waals surface area contributed by atoms with Gasteiger partial charge in [0.2, 0.25) is 5.95 Å². The maximum absolute atomic E-state index is 5.82. The molecule has 5 heteroatoms. The number of hydrogen-bond donors (Lipinski definition) is 1. The van der Waals surface area contributed by atoms with Crippen molar-refractivity contribution in [3.8, 4) is 11.4 Å². The zero-order valence-corrected chi connectivity index (χ0v) is 9.28. The van der Waals surface area contributed by atoms with Gasteiger partial charge in [-0.3, -0.25) is 4.57 Å². The number of benzene rings is 1. The summed E-state index contributed by atoms with van der Waals surface area (Å²) in [5.74, 6) is 1.55. The molecule has 1 aromatic heterocycles. The monoisotopic (exact) mass is 222 g/mol. The minimum atomic E-state index is 0.717. The van der Waals surface area contributed by atoms with Crippen LogP contribution in [0.5, 0.6) is 0 Å². The minimum absolute atomic E-state index is 0.717. The van der Waals surface area contributed by atoms with Crippen LogP contribution >= 0.6 is 11.6 Å². The number of anilines is 1. The summed E-state index contributed by atoms with van der Waals surface area (Å²) < 4.78 is 1.89. The number of aromatic nitrogens is 3. The average molecular weight is 223 g/mol. The van der Waals surface area contributed by atoms with Crippen LogP contribution in [0.25, 0.3) is 11.4 Å². The Kier molecular flexibility index (Phi) is 2.60. The molecule has 0 aliphatic carbocycles. The van der Waals surface area contributed by atoms with E-state index in [4.69, 9.17) is 11.6 Å². The standard InChI is InChI=1S/C10H11ClN4/c1-12-10-14-13-9(15(10)2)7-3-5-8(11)6-4-7/h3-6H,1-2H3,(H,12,14). The van der Waals surface area contributed by atoms with Crippen LogP contribution < -0.4 is 5.32 Å². The first-order chi connectivity index (χ1) is 7.22. The van der Waals surface area contributed by atoms with Gasteiger partial charge in [0.15, 0.2) is 5.82 Å². The molecule has 15 heavy (non-hydrogen) atoms. The third kappa shape index (κ3) is 1.80. The van der Waals surface area contributed by atoms with Gasteiger partial charge in [0, 0.05) is 24.7 Å². The molecule has 2 aromatic rings. The average Bonchev–Trinajstić information content (AvgIpc) is 2.61. The van der Waals surface area contributed by atoms with E-state index in [0.717, 1.165) is 22.4 Å². The van der Waals surface area contributed by atoms with Gasteiger partial charge in [-0.05, 0) is 24.3 Å². The van der Waals surface area contributed by atoms with Gasteiger partial charge in [-0.25, -0.2) is 0 Å². The molecule has 2 rings (SSSR count). The Morgan fingerprint density at radius 3 is 2.40 bits per heavy atom. The lowest BCUT2D eigenvalue weighted by Gasteiger charge is -2.02. The molecule has 0 amide bonds. The molecule has 0 aliphatic rings. The highest BCUT2D eigenvalue weighted by Crippen LogP contribution is 2.20. The molecule has 4 nitrogen and oxygen atoms in total. The third-order valence-corrected chi connectivity index (χ3v) is 2.45. The van der Waals surface area contributed by atoms with E-state index in [2.05, 4.69) is 15.5 Å². The van der Waals surface area contributed by atoms with Gasteiger partial charge in [0.05, 0.1) is 0 Å². The van der Waals surface area contributed by atoms with Gasteiger partial charge < -0.3 is 5.32 Å². The predicted octanol–water partition coefficient (Wildman–Crippen LogP) is 2.18. The Bertz CT molecular complexity index is 461. The Labute approximate surface area is 92.9 Å². The summed E-state index contributed by atoms with van der Waals surface area (Å²) in [4.78, 5) is 0. The Hall–Kier alpha value is -1.55. The van der Waals surface area contributed by atoms with Crippen molar-refractivity contribution in [1.82, 2.24) is 14.8 Å². The summed E-state index contributed by atoms with van der Waals surface area (Å²) in [7, 11) is 3.73. The van der Waals surface area contributed by atoms with E-state index >= 15 is 0 Å². The van der Waals surface area contributed by atoms with E-state index in [0.29, 0.717) is 0 Å². The molecule has 0 aliphatic heterocycles. The van der Waals surface area contributed by atoms with E-state index in [-0.39, 0.29) is 0 Å². The zero-order chi connectivity index (χ0) is 10.8. The molecule has 0 unspecified atom stereocenters. The quantitative estimate of drug-likeness (QED) is 0.847. The van der Waals surface area contributed by atoms with E-state index in [1.54, 1.807) is 0 Å². The highest BCUT2D eigenvalue weighted by molar-refractivity contribution is 6.30. The lowest BCUT2D eigenvalue weighted by molar-refractivity contribution is 0.925. The molecular weight excluding hydrogens is 212 g/mol. The molecule has 0 fully saturated rings. The normalized spacial score (nSPS) is 10.3. The van der Waals surface area contributed by atoms with Gasteiger partial charge in [-0.1, -0.05) is 11.6 Å². The van der Waals surface area contributed by atoms with Crippen LogP contribution in [0.3, 0.4) is 0 Å². The van der Waals surface area contributed by atoms with Crippen LogP contribution in [0.2, 0.25) is 5.02 Å². The van der Waals surface area contributed by atoms with Crippen molar-refractivity contribution in [2.75, 3.05) is 12.4 Å². The predicted molar refractivity (Wildman–Crippen MR) is 61.0 cm³/mol. The van der Waals surface area contributed by atoms with E-state index in [9.17, 15) is 0 Å². The molecule has 0 saturated heterocycles. The molecule has 0 saturated carbocycles. The first-order valence-electron chi connectivity index (χ1n) is 4.55. The van der Waals surface area contributed by atoms with Crippen molar-refractivity contribution in [1.29, 1.82) is 0 Å². The Morgan fingerprint density at radius 1 is 1.20 bits per heavy atom. The highest BCUT2D eigenvalue weighted by Gasteiger charge is 2.08. The number of rotatable bonds is 2. The van der Waals surface area contributed by atoms with Crippen molar-refractivity contribution in [2.24, 2.45) is 7.05 Å². The second-order valence-electron chi connectivity index (χ2n) is 3.16. The van der Waals surface area contributed by atoms with E-state index < -0.39 is 0 Å². The highest BCUT2D eigenvalue weighted by atomic mass is 35.5. The molecule has 1 aromatic carbocycles. The second-order valence-corrected chi connectivity index (χ2v) is 3.60. The fourth-order valence-electron chi connectivity index (χ4n) is 1.40. The van der Waals surface area contributed by atoms with Gasteiger partial charge in [-0.15, -0.1) is 10.2 Å². The molecule has 1 N–H and O–H groups in total. The van der Waals surface area contributed by atoms with E-state index in [1.807, 2.05) is 42.9 Å². The van der Waals surface area contributed by atoms with Crippen molar-refractivity contribution in [3.63, 3.8) is 0 Å². The maximum atomic E-state index is 5.82. The minimum Gasteiger partial charge on any atom is -0.357 e. The van der Waals surface area contributed by atoms with Gasteiger partial charge in [-0.2, -0.15) is 0 Å². The SMILES string of the molecule is CNc1nnc(-c2ccc(Cl)cc2)n1C. The maximum Gasteiger partial charge on any atom is 0.224 e. The van der Waals surface area contributed by atoms with Crippen LogP contribution in [-0.4, -0.2) is 21.8 Å². The Morgan fingerprint density at radius 2 is 1.87 bits per heavy atom. The second kappa shape index (κ2) is 3.90. The van der Waals surface area contributed by atoms with Gasteiger partial charge >= 0.3 is 0 Å². The van der Waals surface area contributed by atoms with Crippen molar-refractivity contribution in [3.05, 3.63) is 29.3 Å². The van der Waals surface area contributed by atoms with Crippen LogP contribution in [0.1, 0.15) is 0 Å². The van der Waals surface area contributed by atoms with Gasteiger partial charge in [0.1, 0.15) is 0 Å². The molecule has 0 bridgehead atoms. The molecule has 1 heterocycles. The Balaban J connectivity index is 2.45. The van der Waals surface area contributed by atoms with Crippen LogP contribution in [0, 0.1) is 0 Å². The molecule has 0 atom stereocenters. The summed E-state index contributed by atoms with van der Waals surface area (Å²) in [6.45, 7) is 0. The molecular formula is C10H11ClN4. The summed E-state index contributed by atoms with van der Waals surface area (Å²) in [5, 5.41) is 11.8. The smallest absolute Gasteiger partial charge is 0.224 e. The van der Waals surface area contributed by atoms with E-state index in [1.165, 1.54) is 0 Å². The van der Waals surface area contributed by atoms with Crippen molar-refractivity contribution in [2.45, 2.75) is 0 Å². The summed E-state index contributed by atoms with van der Waals surface area (Å²) in [6.07, 6.45) is 0. The number of halogens is 1. The topological polar surface area (TPSA) is 42.7 Å². The third-order valence-electron chi connectivity index (χ3n) is 2.20. The first-order valence-corrected chi connectivity index (χ1v) is 4.93. The lowest BCUT2D eigenvalue weighted by atomic mass is 10.2. The molecule has 78 valence electrons. The van der Waals surface area contributed by atoms with Crippen molar-refractivity contribution < 1.29 is 0 Å². The summed E-state index contributed by atoms with van der Waals surface area (Å²) in [6, 6.07) is 7.52. The fraction of sp³-hybridized carbons (Fsp3) is 0.200. The number of hydrogen-bond acceptors (Lipinski definition) is 3. The van der Waals surface area contributed by atoms with Crippen LogP contribution in [0.15, 0.2) is 24.3 Å². The van der Waals surface area contributed by atoms with Crippen LogP contribution in [-0.2, 0) is 7.05 Å². The van der Waals surface area contributed by atoms with Gasteiger partial charge in [0.25, 0.3) is 0 Å². The number of nitrogens with zero attached hydrogens (tertiary/aromatic N) is 3. The largest absolute Gasteiger partial charge is 0.357 e. The van der Waals surface area contributed by atoms with Crippen molar-refractivity contribution >= 4 is 17.5 Å². The lowest BCUT2D eigenvalue weighted by Crippen LogP contribution is -1.99.